The van der Waals surface area contributed by atoms with Gasteiger partial charge < -0.3 is 14.5 Å². The maximum atomic E-state index is 11.5. The fraction of sp³-hybridized carbons (Fsp3) is 0.133. The number of amides is 1. The van der Waals surface area contributed by atoms with Gasteiger partial charge in [-0.3, -0.25) is 4.79 Å². The Morgan fingerprint density at radius 1 is 1.33 bits per heavy atom. The minimum Gasteiger partial charge on any atom is -0.446 e. The zero-order valence-electron chi connectivity index (χ0n) is 11.2. The quantitative estimate of drug-likeness (QED) is 0.651. The number of nitrogens with zero attached hydrogens (tertiary/aromatic N) is 1. The molecule has 0 aliphatic carbocycles. The van der Waals surface area contributed by atoms with Gasteiger partial charge in [-0.05, 0) is 17.7 Å². The van der Waals surface area contributed by atoms with E-state index in [4.69, 9.17) is 9.15 Å². The van der Waals surface area contributed by atoms with E-state index in [2.05, 4.69) is 10.3 Å². The highest BCUT2D eigenvalue weighted by atomic mass is 16.5. The second-order valence-corrected chi connectivity index (χ2v) is 4.08. The number of carbonyl (C=O) groups excluding carboxylic acids is 2. The van der Waals surface area contributed by atoms with Gasteiger partial charge in [-0.2, -0.15) is 0 Å². The molecule has 1 N–H and O–H groups in total. The fourth-order valence-electron chi connectivity index (χ4n) is 1.54. The van der Waals surface area contributed by atoms with Crippen molar-refractivity contribution < 1.29 is 18.7 Å². The standard InChI is InChI=1S/C15H14N2O4/c18-8-4-7-13-11-20-14(17-13)9-16-15(19)21-10-12-5-2-1-3-6-12/h1-8,11H,9-10H2,(H,16,19)/b7-4+. The number of aldehydes is 1. The Balaban J connectivity index is 1.75. The summed E-state index contributed by atoms with van der Waals surface area (Å²) in [6.07, 6.45) is 4.30. The Labute approximate surface area is 121 Å². The highest BCUT2D eigenvalue weighted by Gasteiger charge is 2.06. The molecule has 0 unspecified atom stereocenters. The van der Waals surface area contributed by atoms with Crippen LogP contribution in [0.1, 0.15) is 17.1 Å². The van der Waals surface area contributed by atoms with E-state index < -0.39 is 6.09 Å². The smallest absolute Gasteiger partial charge is 0.407 e. The summed E-state index contributed by atoms with van der Waals surface area (Å²) in [6, 6.07) is 9.37. The number of ether oxygens (including phenoxy) is 1. The summed E-state index contributed by atoms with van der Waals surface area (Å²) in [6.45, 7) is 0.314. The molecule has 1 amide bonds. The average Bonchev–Trinajstić information content (AvgIpc) is 2.98. The van der Waals surface area contributed by atoms with Crippen LogP contribution < -0.4 is 5.32 Å². The second kappa shape index (κ2) is 7.64. The number of aromatic nitrogens is 1. The van der Waals surface area contributed by atoms with Gasteiger partial charge in [0.05, 0.1) is 6.54 Å². The molecule has 6 nitrogen and oxygen atoms in total. The molecule has 0 radical (unpaired) electrons. The third-order valence-electron chi connectivity index (χ3n) is 2.51. The first kappa shape index (κ1) is 14.5. The van der Waals surface area contributed by atoms with Crippen LogP contribution in [0.3, 0.4) is 0 Å². The summed E-state index contributed by atoms with van der Waals surface area (Å²) >= 11 is 0. The molecule has 0 bridgehead atoms. The summed E-state index contributed by atoms with van der Waals surface area (Å²) in [5, 5.41) is 2.53. The van der Waals surface area contributed by atoms with Gasteiger partial charge in [-0.25, -0.2) is 9.78 Å². The van der Waals surface area contributed by atoms with Gasteiger partial charge in [0.15, 0.2) is 0 Å². The molecule has 0 spiro atoms. The topological polar surface area (TPSA) is 81.4 Å². The molecule has 0 fully saturated rings. The summed E-state index contributed by atoms with van der Waals surface area (Å²) < 4.78 is 10.2. The van der Waals surface area contributed by atoms with Gasteiger partial charge >= 0.3 is 6.09 Å². The molecule has 2 rings (SSSR count). The Hall–Kier alpha value is -2.89. The first-order valence-corrected chi connectivity index (χ1v) is 6.29. The number of hydrogen-bond acceptors (Lipinski definition) is 5. The van der Waals surface area contributed by atoms with Gasteiger partial charge in [0.1, 0.15) is 24.9 Å². The number of carbonyl (C=O) groups is 2. The monoisotopic (exact) mass is 286 g/mol. The van der Waals surface area contributed by atoms with E-state index in [-0.39, 0.29) is 13.2 Å². The third kappa shape index (κ3) is 4.94. The van der Waals surface area contributed by atoms with Crippen molar-refractivity contribution >= 4 is 18.5 Å². The van der Waals surface area contributed by atoms with E-state index in [1.807, 2.05) is 30.3 Å². The lowest BCUT2D eigenvalue weighted by atomic mass is 10.2. The lowest BCUT2D eigenvalue weighted by molar-refractivity contribution is -0.104. The first-order valence-electron chi connectivity index (χ1n) is 6.29. The minimum absolute atomic E-state index is 0.114. The molecule has 1 heterocycles. The van der Waals surface area contributed by atoms with Crippen LogP contribution in [-0.4, -0.2) is 17.4 Å². The maximum Gasteiger partial charge on any atom is 0.407 e. The predicted molar refractivity (Wildman–Crippen MR) is 75.1 cm³/mol. The SMILES string of the molecule is O=C/C=C/c1coc(CNC(=O)OCc2ccccc2)n1. The van der Waals surface area contributed by atoms with E-state index in [0.717, 1.165) is 5.56 Å². The lowest BCUT2D eigenvalue weighted by Crippen LogP contribution is -2.23. The Morgan fingerprint density at radius 2 is 2.14 bits per heavy atom. The Morgan fingerprint density at radius 3 is 2.90 bits per heavy atom. The number of allylic oxidation sites excluding steroid dienone is 1. The molecular formula is C15H14N2O4. The van der Waals surface area contributed by atoms with Gasteiger partial charge in [0.25, 0.3) is 0 Å². The number of nitrogens with one attached hydrogen (secondary N) is 1. The van der Waals surface area contributed by atoms with Gasteiger partial charge in [0.2, 0.25) is 5.89 Å². The average molecular weight is 286 g/mol. The van der Waals surface area contributed by atoms with E-state index in [0.29, 0.717) is 17.9 Å². The van der Waals surface area contributed by atoms with Crippen molar-refractivity contribution in [2.45, 2.75) is 13.2 Å². The number of benzene rings is 1. The molecule has 0 atom stereocenters. The minimum atomic E-state index is -0.554. The van der Waals surface area contributed by atoms with E-state index in [9.17, 15) is 9.59 Å². The van der Waals surface area contributed by atoms with Crippen LogP contribution in [0.25, 0.3) is 6.08 Å². The van der Waals surface area contributed by atoms with Crippen LogP contribution in [0, 0.1) is 0 Å². The van der Waals surface area contributed by atoms with Crippen molar-refractivity contribution in [3.8, 4) is 0 Å². The molecule has 0 aliphatic rings. The summed E-state index contributed by atoms with van der Waals surface area (Å²) in [7, 11) is 0. The molecule has 1 aromatic carbocycles. The first-order chi connectivity index (χ1) is 10.3. The molecule has 1 aromatic heterocycles. The van der Waals surface area contributed by atoms with Gasteiger partial charge in [0, 0.05) is 0 Å². The van der Waals surface area contributed by atoms with Crippen molar-refractivity contribution in [3.05, 3.63) is 59.8 Å². The van der Waals surface area contributed by atoms with Gasteiger partial charge in [-0.1, -0.05) is 30.3 Å². The molecular weight excluding hydrogens is 272 g/mol. The fourth-order valence-corrected chi connectivity index (χ4v) is 1.54. The second-order valence-electron chi connectivity index (χ2n) is 4.08. The number of rotatable bonds is 6. The van der Waals surface area contributed by atoms with Crippen molar-refractivity contribution in [3.63, 3.8) is 0 Å². The molecule has 21 heavy (non-hydrogen) atoms. The van der Waals surface area contributed by atoms with E-state index in [1.54, 1.807) is 0 Å². The third-order valence-corrected chi connectivity index (χ3v) is 2.51. The highest BCUT2D eigenvalue weighted by Crippen LogP contribution is 2.04. The molecule has 0 aliphatic heterocycles. The van der Waals surface area contributed by atoms with Crippen molar-refractivity contribution in [2.24, 2.45) is 0 Å². The molecule has 108 valence electrons. The number of hydrogen-bond donors (Lipinski definition) is 1. The zero-order chi connectivity index (χ0) is 14.9. The van der Waals surface area contributed by atoms with Gasteiger partial charge in [-0.15, -0.1) is 0 Å². The predicted octanol–water partition coefficient (Wildman–Crippen LogP) is 2.31. The molecule has 0 saturated heterocycles. The van der Waals surface area contributed by atoms with Crippen LogP contribution in [0.5, 0.6) is 0 Å². The van der Waals surface area contributed by atoms with Crippen molar-refractivity contribution in [1.29, 1.82) is 0 Å². The van der Waals surface area contributed by atoms with E-state index >= 15 is 0 Å². The molecule has 0 saturated carbocycles. The Bertz CT molecular complexity index is 620. The highest BCUT2D eigenvalue weighted by molar-refractivity contribution is 5.72. The van der Waals surface area contributed by atoms with E-state index in [1.165, 1.54) is 18.4 Å². The van der Waals surface area contributed by atoms with Crippen LogP contribution >= 0.6 is 0 Å². The van der Waals surface area contributed by atoms with Crippen LogP contribution in [0.2, 0.25) is 0 Å². The normalized spacial score (nSPS) is 10.5. The molecule has 2 aromatic rings. The van der Waals surface area contributed by atoms with Crippen LogP contribution in [0.4, 0.5) is 4.79 Å². The van der Waals surface area contributed by atoms with Crippen LogP contribution in [-0.2, 0) is 22.7 Å². The van der Waals surface area contributed by atoms with Crippen molar-refractivity contribution in [2.75, 3.05) is 0 Å². The zero-order valence-corrected chi connectivity index (χ0v) is 11.2. The molecule has 6 heteroatoms. The van der Waals surface area contributed by atoms with Crippen molar-refractivity contribution in [1.82, 2.24) is 10.3 Å². The summed E-state index contributed by atoms with van der Waals surface area (Å²) in [5.74, 6) is 0.331. The van der Waals surface area contributed by atoms with Crippen LogP contribution in [0.15, 0.2) is 47.1 Å². The number of alkyl carbamates (subject to hydrolysis) is 1. The summed E-state index contributed by atoms with van der Waals surface area (Å²) in [4.78, 5) is 25.7. The maximum absolute atomic E-state index is 11.5. The largest absolute Gasteiger partial charge is 0.446 e. The lowest BCUT2D eigenvalue weighted by Gasteiger charge is -2.05. The summed E-state index contributed by atoms with van der Waals surface area (Å²) in [5.41, 5.74) is 1.42. The Kier molecular flexibility index (Phi) is 5.28. The number of oxazole rings is 1.